The molecule has 0 saturated carbocycles. The maximum Gasteiger partial charge on any atom is 0.225 e. The smallest absolute Gasteiger partial charge is 0.225 e. The van der Waals surface area contributed by atoms with Crippen LogP contribution in [0, 0.1) is 0 Å². The summed E-state index contributed by atoms with van der Waals surface area (Å²) in [5.41, 5.74) is 1.72. The summed E-state index contributed by atoms with van der Waals surface area (Å²) in [6.45, 7) is 0.249. The van der Waals surface area contributed by atoms with Gasteiger partial charge >= 0.3 is 0 Å². The molecule has 0 fully saturated rings. The Morgan fingerprint density at radius 3 is 2.34 bits per heavy atom. The van der Waals surface area contributed by atoms with E-state index in [4.69, 9.17) is 16.3 Å². The van der Waals surface area contributed by atoms with Crippen molar-refractivity contribution in [2.45, 2.75) is 18.2 Å². The number of hydrogen-bond acceptors (Lipinski definition) is 5. The first kappa shape index (κ1) is 21.9. The second-order valence-electron chi connectivity index (χ2n) is 6.83. The minimum absolute atomic E-state index is 0.0410. The normalized spacial score (nSPS) is 10.7. The molecule has 4 aromatic rings. The molecule has 0 radical (unpaired) electrons. The second-order valence-corrected chi connectivity index (χ2v) is 8.32. The van der Waals surface area contributed by atoms with Crippen molar-refractivity contribution in [3.8, 4) is 11.4 Å². The van der Waals surface area contributed by atoms with Crippen LogP contribution in [-0.2, 0) is 11.4 Å². The van der Waals surface area contributed by atoms with Gasteiger partial charge in [0, 0.05) is 28.6 Å². The fraction of sp³-hybridized carbons (Fsp3) is 0.125. The molecule has 4 rings (SSSR count). The molecule has 32 heavy (non-hydrogen) atoms. The predicted molar refractivity (Wildman–Crippen MR) is 128 cm³/mol. The van der Waals surface area contributed by atoms with Crippen LogP contribution in [0.5, 0.6) is 5.75 Å². The average Bonchev–Trinajstić information content (AvgIpc) is 3.22. The van der Waals surface area contributed by atoms with Gasteiger partial charge in [-0.15, -0.1) is 10.2 Å². The molecular weight excluding hydrogens is 444 g/mol. The summed E-state index contributed by atoms with van der Waals surface area (Å²) in [4.78, 5) is 12.2. The molecule has 0 aliphatic rings. The Kier molecular flexibility index (Phi) is 7.42. The molecule has 0 aliphatic heterocycles. The van der Waals surface area contributed by atoms with E-state index in [9.17, 15) is 4.79 Å². The molecule has 0 bridgehead atoms. The maximum absolute atomic E-state index is 12.2. The second kappa shape index (κ2) is 10.8. The molecule has 0 spiro atoms. The van der Waals surface area contributed by atoms with E-state index in [0.717, 1.165) is 11.4 Å². The molecule has 1 aromatic heterocycles. The molecule has 8 heteroatoms. The number of nitrogens with one attached hydrogen (secondary N) is 1. The van der Waals surface area contributed by atoms with Gasteiger partial charge in [0.1, 0.15) is 12.4 Å². The topological polar surface area (TPSA) is 69.0 Å². The van der Waals surface area contributed by atoms with Crippen LogP contribution in [0.1, 0.15) is 12.2 Å². The van der Waals surface area contributed by atoms with Gasteiger partial charge in [-0.3, -0.25) is 9.36 Å². The number of para-hydroxylation sites is 2. The van der Waals surface area contributed by atoms with E-state index < -0.39 is 0 Å². The van der Waals surface area contributed by atoms with Crippen LogP contribution < -0.4 is 10.1 Å². The minimum atomic E-state index is -0.0410. The zero-order valence-electron chi connectivity index (χ0n) is 17.1. The SMILES string of the molecule is O=C(CCSc1nnc(COc2ccc(Cl)cc2)n1-c1ccccc1)Nc1ccccc1. The first-order valence-corrected chi connectivity index (χ1v) is 11.4. The van der Waals surface area contributed by atoms with Crippen molar-refractivity contribution in [1.82, 2.24) is 14.8 Å². The molecule has 3 aromatic carbocycles. The van der Waals surface area contributed by atoms with Crippen molar-refractivity contribution >= 4 is 35.0 Å². The lowest BCUT2D eigenvalue weighted by atomic mass is 10.3. The van der Waals surface area contributed by atoms with Gasteiger partial charge in [0.25, 0.3) is 0 Å². The summed E-state index contributed by atoms with van der Waals surface area (Å²) < 4.78 is 7.83. The molecular formula is C24H21ClN4O2S. The van der Waals surface area contributed by atoms with E-state index >= 15 is 0 Å². The van der Waals surface area contributed by atoms with Gasteiger partial charge in [-0.2, -0.15) is 0 Å². The highest BCUT2D eigenvalue weighted by molar-refractivity contribution is 7.99. The van der Waals surface area contributed by atoms with Crippen molar-refractivity contribution in [2.75, 3.05) is 11.1 Å². The van der Waals surface area contributed by atoms with E-state index in [2.05, 4.69) is 15.5 Å². The predicted octanol–water partition coefficient (Wildman–Crippen LogP) is 5.62. The van der Waals surface area contributed by atoms with Gasteiger partial charge in [0.15, 0.2) is 11.0 Å². The Hall–Kier alpha value is -3.29. The van der Waals surface area contributed by atoms with Gasteiger partial charge in [-0.1, -0.05) is 59.8 Å². The Bertz CT molecular complexity index is 1150. The zero-order valence-corrected chi connectivity index (χ0v) is 18.7. The third-order valence-electron chi connectivity index (χ3n) is 4.51. The van der Waals surface area contributed by atoms with Crippen molar-refractivity contribution in [1.29, 1.82) is 0 Å². The highest BCUT2D eigenvalue weighted by Gasteiger charge is 2.15. The Morgan fingerprint density at radius 2 is 1.62 bits per heavy atom. The van der Waals surface area contributed by atoms with E-state index in [1.54, 1.807) is 12.1 Å². The van der Waals surface area contributed by atoms with Gasteiger partial charge in [0.2, 0.25) is 5.91 Å². The molecule has 0 aliphatic carbocycles. The molecule has 162 valence electrons. The number of carbonyl (C=O) groups excluding carboxylic acids is 1. The number of aromatic nitrogens is 3. The summed E-state index contributed by atoms with van der Waals surface area (Å²) in [6, 6.07) is 26.5. The summed E-state index contributed by atoms with van der Waals surface area (Å²) in [7, 11) is 0. The fourth-order valence-electron chi connectivity index (χ4n) is 2.98. The first-order valence-electron chi connectivity index (χ1n) is 10.0. The monoisotopic (exact) mass is 464 g/mol. The quantitative estimate of drug-likeness (QED) is 0.325. The van der Waals surface area contributed by atoms with Gasteiger partial charge in [-0.25, -0.2) is 0 Å². The Balaban J connectivity index is 1.43. The standard InChI is InChI=1S/C24H21ClN4O2S/c25-18-11-13-21(14-12-18)31-17-22-27-28-24(29(22)20-9-5-2-6-10-20)32-16-15-23(30)26-19-7-3-1-4-8-19/h1-14H,15-17H2,(H,26,30). The summed E-state index contributed by atoms with van der Waals surface area (Å²) in [6.07, 6.45) is 0.359. The fourth-order valence-corrected chi connectivity index (χ4v) is 4.02. The van der Waals surface area contributed by atoms with Crippen LogP contribution >= 0.6 is 23.4 Å². The van der Waals surface area contributed by atoms with Crippen molar-refractivity contribution in [3.05, 3.63) is 95.8 Å². The number of anilines is 1. The third kappa shape index (κ3) is 5.90. The van der Waals surface area contributed by atoms with E-state index in [1.165, 1.54) is 11.8 Å². The lowest BCUT2D eigenvalue weighted by molar-refractivity contribution is -0.115. The van der Waals surface area contributed by atoms with Gasteiger partial charge in [-0.05, 0) is 48.5 Å². The lowest BCUT2D eigenvalue weighted by Gasteiger charge is -2.11. The van der Waals surface area contributed by atoms with Crippen LogP contribution in [0.2, 0.25) is 5.02 Å². The molecule has 0 unspecified atom stereocenters. The number of hydrogen-bond donors (Lipinski definition) is 1. The Labute approximate surface area is 195 Å². The number of amides is 1. The highest BCUT2D eigenvalue weighted by Crippen LogP contribution is 2.24. The number of rotatable bonds is 9. The van der Waals surface area contributed by atoms with Crippen LogP contribution in [-0.4, -0.2) is 26.4 Å². The number of nitrogens with zero attached hydrogens (tertiary/aromatic N) is 3. The van der Waals surface area contributed by atoms with Gasteiger partial charge in [0.05, 0.1) is 0 Å². The van der Waals surface area contributed by atoms with E-state index in [0.29, 0.717) is 33.9 Å². The van der Waals surface area contributed by atoms with Crippen molar-refractivity contribution in [2.24, 2.45) is 0 Å². The molecule has 0 saturated heterocycles. The number of thioether (sulfide) groups is 1. The Morgan fingerprint density at radius 1 is 0.938 bits per heavy atom. The largest absolute Gasteiger partial charge is 0.486 e. The summed E-state index contributed by atoms with van der Waals surface area (Å²) in [5.74, 6) is 1.90. The first-order chi connectivity index (χ1) is 15.7. The molecule has 1 amide bonds. The summed E-state index contributed by atoms with van der Waals surface area (Å²) in [5, 5.41) is 12.9. The summed E-state index contributed by atoms with van der Waals surface area (Å²) >= 11 is 7.42. The molecule has 1 heterocycles. The number of benzene rings is 3. The van der Waals surface area contributed by atoms with Crippen LogP contribution in [0.3, 0.4) is 0 Å². The number of halogens is 1. The number of ether oxygens (including phenoxy) is 1. The van der Waals surface area contributed by atoms with E-state index in [1.807, 2.05) is 77.4 Å². The lowest BCUT2D eigenvalue weighted by Crippen LogP contribution is -2.12. The van der Waals surface area contributed by atoms with Crippen molar-refractivity contribution in [3.63, 3.8) is 0 Å². The van der Waals surface area contributed by atoms with Gasteiger partial charge < -0.3 is 10.1 Å². The van der Waals surface area contributed by atoms with Crippen LogP contribution in [0.4, 0.5) is 5.69 Å². The zero-order chi connectivity index (χ0) is 22.2. The highest BCUT2D eigenvalue weighted by atomic mass is 35.5. The van der Waals surface area contributed by atoms with Crippen LogP contribution in [0.25, 0.3) is 5.69 Å². The third-order valence-corrected chi connectivity index (χ3v) is 5.70. The average molecular weight is 465 g/mol. The van der Waals surface area contributed by atoms with E-state index in [-0.39, 0.29) is 12.5 Å². The minimum Gasteiger partial charge on any atom is -0.486 e. The molecule has 0 atom stereocenters. The number of carbonyl (C=O) groups is 1. The molecule has 6 nitrogen and oxygen atoms in total. The van der Waals surface area contributed by atoms with Crippen LogP contribution in [0.15, 0.2) is 90.1 Å². The maximum atomic E-state index is 12.2. The van der Waals surface area contributed by atoms with Crippen molar-refractivity contribution < 1.29 is 9.53 Å². The molecule has 1 N–H and O–H groups in total.